The van der Waals surface area contributed by atoms with E-state index in [4.69, 9.17) is 10.5 Å². The molecule has 0 bridgehead atoms. The van der Waals surface area contributed by atoms with Crippen LogP contribution in [0.1, 0.15) is 22.8 Å². The van der Waals surface area contributed by atoms with Gasteiger partial charge in [0.1, 0.15) is 17.1 Å². The fraction of sp³-hybridized carbons (Fsp3) is 0.188. The summed E-state index contributed by atoms with van der Waals surface area (Å²) >= 11 is 0. The van der Waals surface area contributed by atoms with Crippen molar-refractivity contribution in [3.63, 3.8) is 0 Å². The number of anilines is 2. The molecule has 110 valence electrons. The van der Waals surface area contributed by atoms with Crippen molar-refractivity contribution in [1.29, 1.82) is 0 Å². The van der Waals surface area contributed by atoms with E-state index in [1.165, 1.54) is 6.07 Å². The molecule has 0 spiro atoms. The van der Waals surface area contributed by atoms with Gasteiger partial charge in [-0.3, -0.25) is 4.79 Å². The molecule has 0 fully saturated rings. The monoisotopic (exact) mass is 286 g/mol. The third kappa shape index (κ3) is 3.25. The summed E-state index contributed by atoms with van der Waals surface area (Å²) in [5.74, 6) is 0.185. The Morgan fingerprint density at radius 3 is 2.76 bits per heavy atom. The minimum Gasteiger partial charge on any atom is -0.508 e. The molecule has 1 amide bonds. The highest BCUT2D eigenvalue weighted by molar-refractivity contribution is 6.09. The van der Waals surface area contributed by atoms with E-state index in [2.05, 4.69) is 5.32 Å². The molecular weight excluding hydrogens is 268 g/mol. The van der Waals surface area contributed by atoms with E-state index in [1.54, 1.807) is 37.3 Å². The molecule has 0 saturated heterocycles. The largest absolute Gasteiger partial charge is 0.508 e. The number of carbonyl (C=O) groups excluding carboxylic acids is 1. The van der Waals surface area contributed by atoms with Gasteiger partial charge in [0.15, 0.2) is 0 Å². The van der Waals surface area contributed by atoms with Crippen molar-refractivity contribution in [2.75, 3.05) is 17.7 Å². The molecule has 5 nitrogen and oxygen atoms in total. The summed E-state index contributed by atoms with van der Waals surface area (Å²) in [6.07, 6.45) is 0. The van der Waals surface area contributed by atoms with Gasteiger partial charge in [-0.25, -0.2) is 0 Å². The maximum Gasteiger partial charge on any atom is 0.261 e. The molecule has 0 aromatic heterocycles. The average molecular weight is 286 g/mol. The minimum atomic E-state index is -0.375. The van der Waals surface area contributed by atoms with E-state index in [0.29, 0.717) is 29.3 Å². The van der Waals surface area contributed by atoms with Crippen LogP contribution in [-0.2, 0) is 0 Å². The molecule has 0 radical (unpaired) electrons. The van der Waals surface area contributed by atoms with Crippen molar-refractivity contribution < 1.29 is 14.6 Å². The molecular formula is C16H18N2O3. The first kappa shape index (κ1) is 14.7. The molecule has 0 aliphatic rings. The predicted octanol–water partition coefficient (Wildman–Crippen LogP) is 2.93. The zero-order chi connectivity index (χ0) is 15.4. The SMILES string of the molecule is CCOc1cccc(N)c1C(=O)Nc1ccc(C)c(O)c1. The summed E-state index contributed by atoms with van der Waals surface area (Å²) in [5.41, 5.74) is 7.74. The molecule has 2 aromatic carbocycles. The molecule has 0 heterocycles. The Hall–Kier alpha value is -2.69. The number of carbonyl (C=O) groups is 1. The number of phenolic OH excluding ortho intramolecular Hbond substituents is 1. The lowest BCUT2D eigenvalue weighted by atomic mass is 10.1. The smallest absolute Gasteiger partial charge is 0.261 e. The van der Waals surface area contributed by atoms with Crippen molar-refractivity contribution in [3.05, 3.63) is 47.5 Å². The van der Waals surface area contributed by atoms with E-state index in [1.807, 2.05) is 6.92 Å². The summed E-state index contributed by atoms with van der Waals surface area (Å²) < 4.78 is 5.43. The van der Waals surface area contributed by atoms with Crippen LogP contribution in [0.2, 0.25) is 0 Å². The normalized spacial score (nSPS) is 10.2. The van der Waals surface area contributed by atoms with E-state index in [9.17, 15) is 9.90 Å². The lowest BCUT2D eigenvalue weighted by Gasteiger charge is -2.13. The van der Waals surface area contributed by atoms with Gasteiger partial charge in [-0.05, 0) is 37.6 Å². The van der Waals surface area contributed by atoms with Crippen LogP contribution in [0.25, 0.3) is 0 Å². The number of amides is 1. The lowest BCUT2D eigenvalue weighted by Crippen LogP contribution is -2.15. The summed E-state index contributed by atoms with van der Waals surface area (Å²) in [6.45, 7) is 4.06. The van der Waals surface area contributed by atoms with Crippen LogP contribution < -0.4 is 15.8 Å². The van der Waals surface area contributed by atoms with Gasteiger partial charge < -0.3 is 20.9 Å². The van der Waals surface area contributed by atoms with Crippen LogP contribution in [0.15, 0.2) is 36.4 Å². The second-order valence-corrected chi connectivity index (χ2v) is 4.61. The van der Waals surface area contributed by atoms with Crippen molar-refractivity contribution in [2.24, 2.45) is 0 Å². The highest BCUT2D eigenvalue weighted by Gasteiger charge is 2.16. The number of hydrogen-bond acceptors (Lipinski definition) is 4. The van der Waals surface area contributed by atoms with Gasteiger partial charge >= 0.3 is 0 Å². The van der Waals surface area contributed by atoms with Crippen molar-refractivity contribution in [1.82, 2.24) is 0 Å². The Morgan fingerprint density at radius 1 is 1.33 bits per heavy atom. The molecule has 0 unspecified atom stereocenters. The molecule has 5 heteroatoms. The Kier molecular flexibility index (Phi) is 4.33. The van der Waals surface area contributed by atoms with Crippen LogP contribution in [0, 0.1) is 6.92 Å². The number of aromatic hydroxyl groups is 1. The molecule has 0 aliphatic heterocycles. The van der Waals surface area contributed by atoms with Gasteiger partial charge in [0.2, 0.25) is 0 Å². The van der Waals surface area contributed by atoms with Crippen LogP contribution in [0.5, 0.6) is 11.5 Å². The van der Waals surface area contributed by atoms with Crippen molar-refractivity contribution >= 4 is 17.3 Å². The van der Waals surface area contributed by atoms with Crippen LogP contribution >= 0.6 is 0 Å². The topological polar surface area (TPSA) is 84.6 Å². The van der Waals surface area contributed by atoms with Gasteiger partial charge in [-0.1, -0.05) is 12.1 Å². The zero-order valence-electron chi connectivity index (χ0n) is 12.0. The summed E-state index contributed by atoms with van der Waals surface area (Å²) in [4.78, 5) is 12.4. The van der Waals surface area contributed by atoms with Crippen molar-refractivity contribution in [2.45, 2.75) is 13.8 Å². The van der Waals surface area contributed by atoms with Crippen LogP contribution in [0.4, 0.5) is 11.4 Å². The Bertz CT molecular complexity index is 669. The molecule has 0 saturated carbocycles. The van der Waals surface area contributed by atoms with Gasteiger partial charge in [-0.15, -0.1) is 0 Å². The first-order chi connectivity index (χ1) is 10.0. The fourth-order valence-corrected chi connectivity index (χ4v) is 1.95. The molecule has 21 heavy (non-hydrogen) atoms. The number of nitrogens with two attached hydrogens (primary N) is 1. The average Bonchev–Trinajstić information content (AvgIpc) is 2.43. The number of aryl methyl sites for hydroxylation is 1. The van der Waals surface area contributed by atoms with E-state index in [0.717, 1.165) is 5.56 Å². The van der Waals surface area contributed by atoms with E-state index < -0.39 is 0 Å². The highest BCUT2D eigenvalue weighted by atomic mass is 16.5. The van der Waals surface area contributed by atoms with Gasteiger partial charge in [-0.2, -0.15) is 0 Å². The third-order valence-corrected chi connectivity index (χ3v) is 3.05. The molecule has 4 N–H and O–H groups in total. The molecule has 0 aliphatic carbocycles. The van der Waals surface area contributed by atoms with Crippen molar-refractivity contribution in [3.8, 4) is 11.5 Å². The zero-order valence-corrected chi connectivity index (χ0v) is 12.0. The van der Waals surface area contributed by atoms with Gasteiger partial charge in [0.25, 0.3) is 5.91 Å². The predicted molar refractivity (Wildman–Crippen MR) is 82.8 cm³/mol. The fourth-order valence-electron chi connectivity index (χ4n) is 1.95. The standard InChI is InChI=1S/C16H18N2O3/c1-3-21-14-6-4-5-12(17)15(14)16(20)18-11-8-7-10(2)13(19)9-11/h4-9,19H,3,17H2,1-2H3,(H,18,20). The molecule has 0 atom stereocenters. The Balaban J connectivity index is 2.29. The number of benzene rings is 2. The van der Waals surface area contributed by atoms with Gasteiger partial charge in [0.05, 0.1) is 6.61 Å². The van der Waals surface area contributed by atoms with Crippen LogP contribution in [-0.4, -0.2) is 17.6 Å². The van der Waals surface area contributed by atoms with Gasteiger partial charge in [0, 0.05) is 17.4 Å². The third-order valence-electron chi connectivity index (χ3n) is 3.05. The number of nitrogens with one attached hydrogen (secondary N) is 1. The Morgan fingerprint density at radius 2 is 2.10 bits per heavy atom. The lowest BCUT2D eigenvalue weighted by molar-refractivity contribution is 0.102. The second kappa shape index (κ2) is 6.17. The molecule has 2 aromatic rings. The number of rotatable bonds is 4. The van der Waals surface area contributed by atoms with E-state index >= 15 is 0 Å². The van der Waals surface area contributed by atoms with Crippen LogP contribution in [0.3, 0.4) is 0 Å². The number of ether oxygens (including phenoxy) is 1. The maximum absolute atomic E-state index is 12.4. The first-order valence-electron chi connectivity index (χ1n) is 6.65. The number of nitrogen functional groups attached to an aromatic ring is 1. The Labute approximate surface area is 123 Å². The first-order valence-corrected chi connectivity index (χ1v) is 6.65. The number of hydrogen-bond donors (Lipinski definition) is 3. The quantitative estimate of drug-likeness (QED) is 0.754. The highest BCUT2D eigenvalue weighted by Crippen LogP contribution is 2.27. The summed E-state index contributed by atoms with van der Waals surface area (Å²) in [7, 11) is 0. The van der Waals surface area contributed by atoms with E-state index in [-0.39, 0.29) is 11.7 Å². The summed E-state index contributed by atoms with van der Waals surface area (Å²) in [6, 6.07) is 10.0. The molecule has 2 rings (SSSR count). The maximum atomic E-state index is 12.4. The summed E-state index contributed by atoms with van der Waals surface area (Å²) in [5, 5.41) is 12.4. The second-order valence-electron chi connectivity index (χ2n) is 4.61. The number of phenols is 1. The minimum absolute atomic E-state index is 0.124.